The van der Waals surface area contributed by atoms with Crippen LogP contribution in [0.3, 0.4) is 0 Å². The highest BCUT2D eigenvalue weighted by Gasteiger charge is 2.29. The molecule has 1 aliphatic carbocycles. The number of nitrogens with one attached hydrogen (secondary N) is 2. The highest BCUT2D eigenvalue weighted by Crippen LogP contribution is 2.44. The van der Waals surface area contributed by atoms with Crippen molar-refractivity contribution in [3.05, 3.63) is 60.3 Å². The summed E-state index contributed by atoms with van der Waals surface area (Å²) in [5, 5.41) is 7.58. The van der Waals surface area contributed by atoms with Gasteiger partial charge in [0.05, 0.1) is 24.5 Å². The molecule has 0 spiro atoms. The number of piperazine rings is 1. The van der Waals surface area contributed by atoms with E-state index in [1.165, 1.54) is 24.5 Å². The Bertz CT molecular complexity index is 1390. The molecular weight excluding hydrogens is 445 g/mol. The number of aromatic nitrogens is 4. The van der Waals surface area contributed by atoms with E-state index in [2.05, 4.69) is 25.5 Å². The number of benzene rings is 1. The van der Waals surface area contributed by atoms with E-state index in [1.807, 2.05) is 24.5 Å². The van der Waals surface area contributed by atoms with Gasteiger partial charge in [0.2, 0.25) is 0 Å². The maximum Gasteiger partial charge on any atom is 0.162 e. The van der Waals surface area contributed by atoms with Gasteiger partial charge in [-0.25, -0.2) is 19.3 Å². The van der Waals surface area contributed by atoms with E-state index in [0.29, 0.717) is 23.3 Å². The minimum Gasteiger partial charge on any atom is -0.497 e. The third kappa shape index (κ3) is 4.35. The molecule has 4 aromatic rings. The summed E-state index contributed by atoms with van der Waals surface area (Å²) in [4.78, 5) is 21.2. The van der Waals surface area contributed by atoms with Crippen LogP contribution in [-0.2, 0) is 0 Å². The summed E-state index contributed by atoms with van der Waals surface area (Å²) >= 11 is 0. The number of pyridine rings is 2. The molecule has 6 rings (SSSR count). The van der Waals surface area contributed by atoms with Crippen LogP contribution in [0.5, 0.6) is 5.75 Å². The van der Waals surface area contributed by atoms with Crippen molar-refractivity contribution in [1.82, 2.24) is 25.3 Å². The average Bonchev–Trinajstić information content (AvgIpc) is 3.75. The van der Waals surface area contributed by atoms with Crippen LogP contribution >= 0.6 is 0 Å². The van der Waals surface area contributed by atoms with Crippen molar-refractivity contribution in [1.29, 1.82) is 0 Å². The van der Waals surface area contributed by atoms with Gasteiger partial charge in [0, 0.05) is 55.6 Å². The molecule has 1 saturated carbocycles. The van der Waals surface area contributed by atoms with Gasteiger partial charge < -0.3 is 20.3 Å². The molecule has 1 aromatic carbocycles. The lowest BCUT2D eigenvalue weighted by atomic mass is 10.1. The third-order valence-electron chi connectivity index (χ3n) is 6.51. The van der Waals surface area contributed by atoms with Gasteiger partial charge in [-0.15, -0.1) is 0 Å². The van der Waals surface area contributed by atoms with Crippen LogP contribution in [0.1, 0.15) is 24.3 Å². The quantitative estimate of drug-likeness (QED) is 0.431. The molecule has 2 N–H and O–H groups in total. The number of ether oxygens (including phenoxy) is 1. The van der Waals surface area contributed by atoms with Gasteiger partial charge in [0.1, 0.15) is 23.2 Å². The van der Waals surface area contributed by atoms with Crippen LogP contribution in [-0.4, -0.2) is 53.2 Å². The van der Waals surface area contributed by atoms with E-state index in [0.717, 1.165) is 48.5 Å². The zero-order chi connectivity index (χ0) is 23.8. The van der Waals surface area contributed by atoms with Crippen molar-refractivity contribution >= 4 is 28.2 Å². The van der Waals surface area contributed by atoms with Crippen molar-refractivity contribution in [2.45, 2.75) is 18.8 Å². The van der Waals surface area contributed by atoms with E-state index >= 15 is 0 Å². The fourth-order valence-corrected chi connectivity index (χ4v) is 4.53. The second kappa shape index (κ2) is 9.07. The van der Waals surface area contributed by atoms with Crippen LogP contribution < -0.4 is 20.3 Å². The number of rotatable bonds is 6. The highest BCUT2D eigenvalue weighted by molar-refractivity contribution is 5.94. The smallest absolute Gasteiger partial charge is 0.162 e. The van der Waals surface area contributed by atoms with E-state index in [4.69, 9.17) is 14.7 Å². The number of fused-ring (bicyclic) bond motifs is 1. The number of halogens is 1. The molecule has 8 nitrogen and oxygen atoms in total. The summed E-state index contributed by atoms with van der Waals surface area (Å²) in [6.45, 7) is 3.60. The lowest BCUT2D eigenvalue weighted by Gasteiger charge is -2.30. The molecule has 0 unspecified atom stereocenters. The van der Waals surface area contributed by atoms with Crippen LogP contribution in [0.25, 0.3) is 22.3 Å². The lowest BCUT2D eigenvalue weighted by Crippen LogP contribution is -2.44. The Balaban J connectivity index is 1.42. The molecule has 1 aliphatic heterocycles. The first-order valence-electron chi connectivity index (χ1n) is 11.9. The van der Waals surface area contributed by atoms with E-state index in [-0.39, 0.29) is 11.5 Å². The standard InChI is InChI=1S/C26H26FN7O/c1-35-18-4-5-20(27)21(13-18)31-23-12-17(6-7-30-23)25-32-22-15-29-14-19(16-2-3-16)24(22)26(33-25)34-10-8-28-9-11-34/h4-7,12-16,28H,2-3,8-11H2,1H3,(H,30,31). The Hall–Kier alpha value is -3.85. The van der Waals surface area contributed by atoms with Gasteiger partial charge in [-0.2, -0.15) is 0 Å². The zero-order valence-corrected chi connectivity index (χ0v) is 19.5. The Morgan fingerprint density at radius 3 is 2.74 bits per heavy atom. The summed E-state index contributed by atoms with van der Waals surface area (Å²) < 4.78 is 19.6. The molecule has 3 aromatic heterocycles. The van der Waals surface area contributed by atoms with Crippen molar-refractivity contribution in [2.75, 3.05) is 43.5 Å². The second-order valence-electron chi connectivity index (χ2n) is 8.91. The van der Waals surface area contributed by atoms with E-state index < -0.39 is 0 Å². The number of anilines is 3. The van der Waals surface area contributed by atoms with Crippen molar-refractivity contribution in [3.63, 3.8) is 0 Å². The topological polar surface area (TPSA) is 88.1 Å². The van der Waals surface area contributed by atoms with Gasteiger partial charge in [-0.05, 0) is 48.6 Å². The summed E-state index contributed by atoms with van der Waals surface area (Å²) in [7, 11) is 1.55. The average molecular weight is 472 g/mol. The van der Waals surface area contributed by atoms with Gasteiger partial charge >= 0.3 is 0 Å². The van der Waals surface area contributed by atoms with E-state index in [1.54, 1.807) is 25.4 Å². The molecule has 35 heavy (non-hydrogen) atoms. The van der Waals surface area contributed by atoms with Gasteiger partial charge in [-0.3, -0.25) is 4.98 Å². The first-order valence-corrected chi connectivity index (χ1v) is 11.9. The minimum absolute atomic E-state index is 0.285. The lowest BCUT2D eigenvalue weighted by molar-refractivity contribution is 0.414. The SMILES string of the molecule is COc1ccc(F)c(Nc2cc(-c3nc(N4CCNCC4)c4c(C5CC5)cncc4n3)ccn2)c1. The molecular formula is C26H26FN7O. The van der Waals surface area contributed by atoms with Crippen molar-refractivity contribution in [2.24, 2.45) is 0 Å². The first kappa shape index (κ1) is 21.7. The largest absolute Gasteiger partial charge is 0.497 e. The molecule has 178 valence electrons. The molecule has 4 heterocycles. The Labute approximate surface area is 202 Å². The van der Waals surface area contributed by atoms with Crippen LogP contribution in [0.2, 0.25) is 0 Å². The summed E-state index contributed by atoms with van der Waals surface area (Å²) in [6, 6.07) is 8.24. The molecule has 1 saturated heterocycles. The van der Waals surface area contributed by atoms with Crippen LogP contribution in [0.4, 0.5) is 21.7 Å². The van der Waals surface area contributed by atoms with Crippen LogP contribution in [0.15, 0.2) is 48.9 Å². The first-order chi connectivity index (χ1) is 17.2. The predicted molar refractivity (Wildman–Crippen MR) is 134 cm³/mol. The molecule has 0 radical (unpaired) electrons. The van der Waals surface area contributed by atoms with Crippen molar-refractivity contribution in [3.8, 4) is 17.1 Å². The third-order valence-corrected chi connectivity index (χ3v) is 6.51. The molecule has 2 fully saturated rings. The number of methoxy groups -OCH3 is 1. The normalized spacial score (nSPS) is 15.9. The number of hydrogen-bond acceptors (Lipinski definition) is 8. The van der Waals surface area contributed by atoms with Crippen LogP contribution in [0, 0.1) is 5.82 Å². The summed E-state index contributed by atoms with van der Waals surface area (Å²) in [5.41, 5.74) is 3.17. The molecule has 0 amide bonds. The Morgan fingerprint density at radius 1 is 1.09 bits per heavy atom. The summed E-state index contributed by atoms with van der Waals surface area (Å²) in [6.07, 6.45) is 7.84. The zero-order valence-electron chi connectivity index (χ0n) is 19.5. The number of nitrogens with zero attached hydrogens (tertiary/aromatic N) is 5. The fourth-order valence-electron chi connectivity index (χ4n) is 4.53. The maximum atomic E-state index is 14.4. The molecule has 0 atom stereocenters. The second-order valence-corrected chi connectivity index (χ2v) is 8.91. The van der Waals surface area contributed by atoms with Crippen molar-refractivity contribution < 1.29 is 9.13 Å². The maximum absolute atomic E-state index is 14.4. The van der Waals surface area contributed by atoms with Gasteiger partial charge in [-0.1, -0.05) is 0 Å². The minimum atomic E-state index is -0.389. The predicted octanol–water partition coefficient (Wildman–Crippen LogP) is 4.27. The van der Waals surface area contributed by atoms with E-state index in [9.17, 15) is 4.39 Å². The fraction of sp³-hybridized carbons (Fsp3) is 0.308. The highest BCUT2D eigenvalue weighted by atomic mass is 19.1. The Kier molecular flexibility index (Phi) is 5.61. The van der Waals surface area contributed by atoms with Gasteiger partial charge in [0.15, 0.2) is 5.82 Å². The summed E-state index contributed by atoms with van der Waals surface area (Å²) in [5.74, 6) is 2.75. The Morgan fingerprint density at radius 2 is 1.94 bits per heavy atom. The molecule has 9 heteroatoms. The molecule has 0 bridgehead atoms. The monoisotopic (exact) mass is 471 g/mol. The van der Waals surface area contributed by atoms with Gasteiger partial charge in [0.25, 0.3) is 0 Å². The molecule has 2 aliphatic rings. The number of hydrogen-bond donors (Lipinski definition) is 2.